The van der Waals surface area contributed by atoms with E-state index in [0.29, 0.717) is 17.8 Å². The molecule has 5 nitrogen and oxygen atoms in total. The number of hydrogen-bond acceptors (Lipinski definition) is 3. The second-order valence-corrected chi connectivity index (χ2v) is 4.62. The first-order chi connectivity index (χ1) is 8.99. The zero-order chi connectivity index (χ0) is 14.0. The van der Waals surface area contributed by atoms with Crippen LogP contribution in [0, 0.1) is 13.8 Å². The van der Waals surface area contributed by atoms with Gasteiger partial charge in [-0.05, 0) is 43.5 Å². The van der Waals surface area contributed by atoms with Gasteiger partial charge in [-0.2, -0.15) is 0 Å². The molecule has 1 aromatic carbocycles. The summed E-state index contributed by atoms with van der Waals surface area (Å²) in [6, 6.07) is 5.99. The average molecular weight is 259 g/mol. The minimum Gasteiger partial charge on any atom is -0.341 e. The molecular formula is C14H17N3O2. The monoisotopic (exact) mass is 259 g/mol. The summed E-state index contributed by atoms with van der Waals surface area (Å²) in [5.74, 6) is 0.459. The van der Waals surface area contributed by atoms with Crippen LogP contribution >= 0.6 is 0 Å². The number of H-pyrrole nitrogens is 2. The first-order valence-electron chi connectivity index (χ1n) is 6.20. The molecule has 19 heavy (non-hydrogen) atoms. The lowest BCUT2D eigenvalue weighted by Crippen LogP contribution is -2.26. The molecule has 0 radical (unpaired) electrons. The van der Waals surface area contributed by atoms with Crippen LogP contribution in [0.25, 0.3) is 0 Å². The van der Waals surface area contributed by atoms with Gasteiger partial charge in [-0.15, -0.1) is 0 Å². The third kappa shape index (κ3) is 2.93. The smallest absolute Gasteiger partial charge is 0.327 e. The largest absolute Gasteiger partial charge is 0.341 e. The predicted molar refractivity (Wildman–Crippen MR) is 76.3 cm³/mol. The van der Waals surface area contributed by atoms with Crippen molar-refractivity contribution in [1.82, 2.24) is 9.97 Å². The van der Waals surface area contributed by atoms with Gasteiger partial charge in [0.1, 0.15) is 5.82 Å². The minimum absolute atomic E-state index is 0.349. The van der Waals surface area contributed by atoms with Crippen LogP contribution in [-0.4, -0.2) is 9.97 Å². The van der Waals surface area contributed by atoms with E-state index in [2.05, 4.69) is 21.4 Å². The molecule has 0 atom stereocenters. The Kier molecular flexibility index (Phi) is 3.55. The van der Waals surface area contributed by atoms with Crippen molar-refractivity contribution >= 4 is 11.5 Å². The van der Waals surface area contributed by atoms with Crippen molar-refractivity contribution in [2.24, 2.45) is 0 Å². The van der Waals surface area contributed by atoms with Crippen molar-refractivity contribution in [1.29, 1.82) is 0 Å². The number of aromatic amines is 2. The zero-order valence-corrected chi connectivity index (χ0v) is 11.3. The van der Waals surface area contributed by atoms with E-state index in [0.717, 1.165) is 16.8 Å². The summed E-state index contributed by atoms with van der Waals surface area (Å²) in [4.78, 5) is 27.9. The molecule has 0 amide bonds. The van der Waals surface area contributed by atoms with E-state index in [1.54, 1.807) is 0 Å². The quantitative estimate of drug-likeness (QED) is 0.788. The zero-order valence-electron chi connectivity index (χ0n) is 11.3. The summed E-state index contributed by atoms with van der Waals surface area (Å²) in [6.07, 6.45) is 0.541. The number of hydrogen-bond donors (Lipinski definition) is 3. The topological polar surface area (TPSA) is 77.8 Å². The van der Waals surface area contributed by atoms with Crippen LogP contribution in [0.1, 0.15) is 23.6 Å². The van der Waals surface area contributed by atoms with E-state index in [4.69, 9.17) is 0 Å². The fourth-order valence-corrected chi connectivity index (χ4v) is 2.15. The Morgan fingerprint density at radius 2 is 1.68 bits per heavy atom. The number of aromatic nitrogens is 2. The highest BCUT2D eigenvalue weighted by Gasteiger charge is 2.08. The number of benzene rings is 1. The second kappa shape index (κ2) is 5.14. The van der Waals surface area contributed by atoms with Crippen molar-refractivity contribution < 1.29 is 0 Å². The molecule has 0 unspecified atom stereocenters. The molecule has 1 heterocycles. The van der Waals surface area contributed by atoms with E-state index >= 15 is 0 Å². The van der Waals surface area contributed by atoms with Crippen molar-refractivity contribution in [3.05, 3.63) is 55.7 Å². The molecule has 5 heteroatoms. The number of anilines is 2. The number of aryl methyl sites for hydroxylation is 2. The van der Waals surface area contributed by atoms with Crippen LogP contribution in [-0.2, 0) is 6.42 Å². The molecule has 0 saturated heterocycles. The summed E-state index contributed by atoms with van der Waals surface area (Å²) in [5.41, 5.74) is 2.78. The predicted octanol–water partition coefficient (Wildman–Crippen LogP) is 1.99. The Labute approximate surface area is 110 Å². The maximum Gasteiger partial charge on any atom is 0.327 e. The Hall–Kier alpha value is -2.30. The normalized spacial score (nSPS) is 10.5. The number of rotatable bonds is 3. The summed E-state index contributed by atoms with van der Waals surface area (Å²) in [6.45, 7) is 5.87. The van der Waals surface area contributed by atoms with E-state index in [1.807, 2.05) is 32.9 Å². The third-order valence-electron chi connectivity index (χ3n) is 2.89. The SMILES string of the molecule is CCc1c(Nc2cc(C)cc(C)c2)[nH]c(=O)[nH]c1=O. The van der Waals surface area contributed by atoms with Crippen LogP contribution in [0.2, 0.25) is 0 Å². The van der Waals surface area contributed by atoms with Crippen molar-refractivity contribution in [2.45, 2.75) is 27.2 Å². The lowest BCUT2D eigenvalue weighted by molar-refractivity contribution is 0.966. The minimum atomic E-state index is -0.505. The lowest BCUT2D eigenvalue weighted by atomic mass is 10.1. The van der Waals surface area contributed by atoms with Gasteiger partial charge in [-0.25, -0.2) is 4.79 Å². The van der Waals surface area contributed by atoms with Gasteiger partial charge >= 0.3 is 5.69 Å². The van der Waals surface area contributed by atoms with Crippen LogP contribution < -0.4 is 16.6 Å². The highest BCUT2D eigenvalue weighted by Crippen LogP contribution is 2.18. The van der Waals surface area contributed by atoms with E-state index in [9.17, 15) is 9.59 Å². The molecule has 0 fully saturated rings. The van der Waals surface area contributed by atoms with E-state index < -0.39 is 5.69 Å². The molecule has 0 saturated carbocycles. The Bertz CT molecular complexity index is 693. The molecule has 2 rings (SSSR count). The molecule has 2 aromatic rings. The number of nitrogens with one attached hydrogen (secondary N) is 3. The van der Waals surface area contributed by atoms with Gasteiger partial charge in [0.05, 0.1) is 5.56 Å². The fraction of sp³-hybridized carbons (Fsp3) is 0.286. The van der Waals surface area contributed by atoms with Gasteiger partial charge in [0.15, 0.2) is 0 Å². The van der Waals surface area contributed by atoms with Gasteiger partial charge in [0.25, 0.3) is 5.56 Å². The van der Waals surface area contributed by atoms with Gasteiger partial charge in [0.2, 0.25) is 0 Å². The van der Waals surface area contributed by atoms with Gasteiger partial charge < -0.3 is 5.32 Å². The van der Waals surface area contributed by atoms with Crippen LogP contribution in [0.15, 0.2) is 27.8 Å². The Balaban J connectivity index is 2.48. The molecule has 1 aromatic heterocycles. The summed E-state index contributed by atoms with van der Waals surface area (Å²) >= 11 is 0. The Morgan fingerprint density at radius 3 is 2.26 bits per heavy atom. The highest BCUT2D eigenvalue weighted by atomic mass is 16.2. The molecule has 3 N–H and O–H groups in total. The van der Waals surface area contributed by atoms with Gasteiger partial charge in [-0.1, -0.05) is 13.0 Å². The van der Waals surface area contributed by atoms with Crippen LogP contribution in [0.5, 0.6) is 0 Å². The van der Waals surface area contributed by atoms with Crippen LogP contribution in [0.4, 0.5) is 11.5 Å². The fourth-order valence-electron chi connectivity index (χ4n) is 2.15. The lowest BCUT2D eigenvalue weighted by Gasteiger charge is -2.11. The van der Waals surface area contributed by atoms with Gasteiger partial charge in [-0.3, -0.25) is 14.8 Å². The Morgan fingerprint density at radius 1 is 1.05 bits per heavy atom. The molecule has 0 spiro atoms. The van der Waals surface area contributed by atoms with Gasteiger partial charge in [0, 0.05) is 5.69 Å². The van der Waals surface area contributed by atoms with Crippen molar-refractivity contribution in [2.75, 3.05) is 5.32 Å². The van der Waals surface area contributed by atoms with Crippen LogP contribution in [0.3, 0.4) is 0 Å². The van der Waals surface area contributed by atoms with E-state index in [1.165, 1.54) is 0 Å². The molecule has 0 aliphatic carbocycles. The standard InChI is InChI=1S/C14H17N3O2/c1-4-11-12(16-14(19)17-13(11)18)15-10-6-8(2)5-9(3)7-10/h5-7H,4H2,1-3H3,(H3,15,16,17,18,19). The summed E-state index contributed by atoms with van der Waals surface area (Å²) in [5, 5.41) is 3.11. The molecule has 0 bridgehead atoms. The molecule has 0 aliphatic rings. The maximum absolute atomic E-state index is 11.7. The van der Waals surface area contributed by atoms with E-state index in [-0.39, 0.29) is 5.56 Å². The molecule has 0 aliphatic heterocycles. The highest BCUT2D eigenvalue weighted by molar-refractivity contribution is 5.60. The second-order valence-electron chi connectivity index (χ2n) is 4.62. The molecule has 100 valence electrons. The third-order valence-corrected chi connectivity index (χ3v) is 2.89. The van der Waals surface area contributed by atoms with Crippen molar-refractivity contribution in [3.63, 3.8) is 0 Å². The average Bonchev–Trinajstić information content (AvgIpc) is 2.26. The molecular weight excluding hydrogens is 242 g/mol. The maximum atomic E-state index is 11.7. The first-order valence-corrected chi connectivity index (χ1v) is 6.20. The summed E-state index contributed by atoms with van der Waals surface area (Å²) < 4.78 is 0. The van der Waals surface area contributed by atoms with Crippen molar-refractivity contribution in [3.8, 4) is 0 Å². The summed E-state index contributed by atoms with van der Waals surface area (Å²) in [7, 11) is 0. The first kappa shape index (κ1) is 13.1.